The number of carbonyl (C=O) groups is 1. The largest absolute Gasteiger partial charge is 0.392 e. The Morgan fingerprint density at radius 2 is 2.04 bits per heavy atom. The molecule has 0 saturated carbocycles. The Morgan fingerprint density at radius 3 is 2.74 bits per heavy atom. The second kappa shape index (κ2) is 5.62. The first kappa shape index (κ1) is 15.4. The van der Waals surface area contributed by atoms with Gasteiger partial charge in [0, 0.05) is 11.8 Å². The molecule has 120 valence electrons. The van der Waals surface area contributed by atoms with E-state index in [1.165, 1.54) is 0 Å². The van der Waals surface area contributed by atoms with Crippen LogP contribution in [0.3, 0.4) is 0 Å². The summed E-state index contributed by atoms with van der Waals surface area (Å²) in [4.78, 5) is 20.4. The second-order valence-electron chi connectivity index (χ2n) is 6.13. The molecule has 0 radical (unpaired) electrons. The first-order chi connectivity index (χ1) is 10.9. The van der Waals surface area contributed by atoms with E-state index in [0.29, 0.717) is 5.52 Å². The average Bonchev–Trinajstić information content (AvgIpc) is 2.83. The molecule has 2 heterocycles. The molecule has 0 spiro atoms. The van der Waals surface area contributed by atoms with Gasteiger partial charge in [0.05, 0.1) is 29.4 Å². The highest BCUT2D eigenvalue weighted by Crippen LogP contribution is 2.29. The van der Waals surface area contributed by atoms with Crippen molar-refractivity contribution in [2.75, 3.05) is 0 Å². The zero-order valence-electron chi connectivity index (χ0n) is 13.4. The summed E-state index contributed by atoms with van der Waals surface area (Å²) in [5.74, 6) is -0.366. The van der Waals surface area contributed by atoms with Gasteiger partial charge in [-0.25, -0.2) is 0 Å². The van der Waals surface area contributed by atoms with Gasteiger partial charge in [-0.05, 0) is 19.9 Å². The number of aliphatic hydroxyl groups is 1. The molecular weight excluding hydrogens is 294 g/mol. The van der Waals surface area contributed by atoms with Gasteiger partial charge >= 0.3 is 12.0 Å². The van der Waals surface area contributed by atoms with Crippen molar-refractivity contribution in [3.63, 3.8) is 0 Å². The number of nitrogens with zero attached hydrogens (tertiary/aromatic N) is 3. The predicted molar refractivity (Wildman–Crippen MR) is 87.3 cm³/mol. The first-order valence-corrected chi connectivity index (χ1v) is 7.56. The lowest BCUT2D eigenvalue weighted by Gasteiger charge is -2.20. The summed E-state index contributed by atoms with van der Waals surface area (Å²) >= 11 is 0. The fourth-order valence-electron chi connectivity index (χ4n) is 2.53. The molecule has 0 aliphatic heterocycles. The van der Waals surface area contributed by atoms with Crippen LogP contribution in [0.4, 0.5) is 0 Å². The van der Waals surface area contributed by atoms with Gasteiger partial charge in [0.2, 0.25) is 0 Å². The molecule has 0 saturated heterocycles. The van der Waals surface area contributed by atoms with E-state index in [4.69, 9.17) is 4.74 Å². The minimum Gasteiger partial charge on any atom is -0.392 e. The maximum absolute atomic E-state index is 11.7. The summed E-state index contributed by atoms with van der Waals surface area (Å²) in [5.41, 5.74) is 1.28. The van der Waals surface area contributed by atoms with Crippen LogP contribution in [0.25, 0.3) is 21.9 Å². The van der Waals surface area contributed by atoms with Crippen LogP contribution in [-0.2, 0) is 11.3 Å². The molecule has 0 unspecified atom stereocenters. The van der Waals surface area contributed by atoms with Gasteiger partial charge in [-0.3, -0.25) is 14.3 Å². The monoisotopic (exact) mass is 313 g/mol. The molecule has 2 aromatic heterocycles. The summed E-state index contributed by atoms with van der Waals surface area (Å²) < 4.78 is 7.09. The van der Waals surface area contributed by atoms with Crippen LogP contribution < -0.4 is 4.74 Å². The number of esters is 1. The van der Waals surface area contributed by atoms with Crippen LogP contribution in [0.1, 0.15) is 27.2 Å². The molecule has 23 heavy (non-hydrogen) atoms. The van der Waals surface area contributed by atoms with Crippen LogP contribution in [0.2, 0.25) is 0 Å². The molecule has 0 amide bonds. The molecule has 6 nitrogen and oxygen atoms in total. The molecule has 3 rings (SSSR count). The maximum atomic E-state index is 11.7. The molecule has 0 bridgehead atoms. The molecule has 0 fully saturated rings. The number of carbonyl (C=O) groups excluding carboxylic acids is 1. The smallest absolute Gasteiger partial charge is 0.313 e. The molecular formula is C17H19N3O3. The van der Waals surface area contributed by atoms with Crippen molar-refractivity contribution in [2.24, 2.45) is 0 Å². The average molecular weight is 313 g/mol. The lowest BCUT2D eigenvalue weighted by atomic mass is 10.1. The Morgan fingerprint density at radius 1 is 1.30 bits per heavy atom. The first-order valence-electron chi connectivity index (χ1n) is 7.56. The number of para-hydroxylation sites is 1. The molecule has 1 N–H and O–H groups in total. The third kappa shape index (κ3) is 3.03. The molecule has 0 aliphatic carbocycles. The Kier molecular flexibility index (Phi) is 3.77. The van der Waals surface area contributed by atoms with Crippen molar-refractivity contribution in [3.05, 3.63) is 30.5 Å². The summed E-state index contributed by atoms with van der Waals surface area (Å²) in [6, 6.07) is 7.87. The number of hydrogen-bond donors (Lipinski definition) is 1. The van der Waals surface area contributed by atoms with Gasteiger partial charge in [0.15, 0.2) is 0 Å². The van der Waals surface area contributed by atoms with Crippen LogP contribution in [0.15, 0.2) is 30.5 Å². The fraction of sp³-hybridized carbons (Fsp3) is 0.353. The minimum atomic E-state index is -0.981. The number of aromatic nitrogens is 3. The van der Waals surface area contributed by atoms with Crippen LogP contribution in [0.5, 0.6) is 6.01 Å². The number of ether oxygens (including phenoxy) is 1. The van der Waals surface area contributed by atoms with Crippen molar-refractivity contribution >= 4 is 27.9 Å². The van der Waals surface area contributed by atoms with E-state index in [0.717, 1.165) is 16.4 Å². The van der Waals surface area contributed by atoms with Gasteiger partial charge in [-0.15, -0.1) is 0 Å². The number of benzene rings is 1. The molecule has 1 aromatic carbocycles. The van der Waals surface area contributed by atoms with Crippen molar-refractivity contribution in [1.82, 2.24) is 14.5 Å². The third-order valence-corrected chi connectivity index (χ3v) is 3.48. The van der Waals surface area contributed by atoms with E-state index in [1.807, 2.05) is 24.3 Å². The zero-order chi connectivity index (χ0) is 16.6. The number of fused-ring (bicyclic) bond motifs is 3. The Bertz CT molecular complexity index is 878. The second-order valence-corrected chi connectivity index (χ2v) is 6.13. The fourth-order valence-corrected chi connectivity index (χ4v) is 2.53. The Labute approximate surface area is 133 Å². The lowest BCUT2D eigenvalue weighted by Crippen LogP contribution is -2.27. The zero-order valence-corrected chi connectivity index (χ0v) is 13.4. The summed E-state index contributed by atoms with van der Waals surface area (Å²) in [6.07, 6.45) is 1.91. The SMILES string of the molecule is CCC(=O)Oc1nc2cnc3ccccc3c2n1CC(C)(C)O. The molecule has 0 atom stereocenters. The highest BCUT2D eigenvalue weighted by atomic mass is 16.5. The van der Waals surface area contributed by atoms with Crippen LogP contribution >= 0.6 is 0 Å². The summed E-state index contributed by atoms with van der Waals surface area (Å²) in [6.45, 7) is 5.38. The van der Waals surface area contributed by atoms with Crippen molar-refractivity contribution in [1.29, 1.82) is 0 Å². The molecule has 3 aromatic rings. The Hall–Kier alpha value is -2.47. The normalized spacial score (nSPS) is 12.0. The number of hydrogen-bond acceptors (Lipinski definition) is 5. The Balaban J connectivity index is 2.28. The van der Waals surface area contributed by atoms with Crippen LogP contribution in [-0.4, -0.2) is 31.2 Å². The predicted octanol–water partition coefficient (Wildman–Crippen LogP) is 2.67. The molecule has 0 aliphatic rings. The van der Waals surface area contributed by atoms with Gasteiger partial charge in [-0.2, -0.15) is 4.98 Å². The van der Waals surface area contributed by atoms with E-state index >= 15 is 0 Å². The van der Waals surface area contributed by atoms with E-state index in [1.54, 1.807) is 31.5 Å². The number of pyridine rings is 1. The minimum absolute atomic E-state index is 0.187. The summed E-state index contributed by atoms with van der Waals surface area (Å²) in [7, 11) is 0. The third-order valence-electron chi connectivity index (χ3n) is 3.48. The van der Waals surface area contributed by atoms with Gasteiger partial charge in [0.25, 0.3) is 0 Å². The molecule has 6 heteroatoms. The lowest BCUT2D eigenvalue weighted by molar-refractivity contribution is -0.134. The standard InChI is InChI=1S/C17H19N3O3/c1-4-14(21)23-16-19-13-9-18-12-8-6-5-7-11(12)15(13)20(16)10-17(2,3)22/h5-9,22H,4,10H2,1-3H3. The number of rotatable bonds is 4. The van der Waals surface area contributed by atoms with E-state index < -0.39 is 5.60 Å². The van der Waals surface area contributed by atoms with Crippen molar-refractivity contribution in [3.8, 4) is 6.01 Å². The maximum Gasteiger partial charge on any atom is 0.313 e. The van der Waals surface area contributed by atoms with Gasteiger partial charge in [0.1, 0.15) is 5.52 Å². The van der Waals surface area contributed by atoms with Gasteiger partial charge in [-0.1, -0.05) is 25.1 Å². The van der Waals surface area contributed by atoms with Crippen LogP contribution in [0, 0.1) is 0 Å². The topological polar surface area (TPSA) is 77.2 Å². The highest BCUT2D eigenvalue weighted by Gasteiger charge is 2.22. The highest BCUT2D eigenvalue weighted by molar-refractivity contribution is 6.02. The van der Waals surface area contributed by atoms with E-state index in [9.17, 15) is 9.90 Å². The quantitative estimate of drug-likeness (QED) is 0.749. The summed E-state index contributed by atoms with van der Waals surface area (Å²) in [5, 5.41) is 11.1. The van der Waals surface area contributed by atoms with E-state index in [-0.39, 0.29) is 24.9 Å². The number of imidazole rings is 1. The van der Waals surface area contributed by atoms with Gasteiger partial charge < -0.3 is 9.84 Å². The van der Waals surface area contributed by atoms with Crippen molar-refractivity contribution < 1.29 is 14.6 Å². The van der Waals surface area contributed by atoms with Crippen molar-refractivity contribution in [2.45, 2.75) is 39.3 Å². The van der Waals surface area contributed by atoms with E-state index in [2.05, 4.69) is 9.97 Å².